The predicted octanol–water partition coefficient (Wildman–Crippen LogP) is 3.10. The first-order valence-electron chi connectivity index (χ1n) is 5.36. The van der Waals surface area contributed by atoms with Gasteiger partial charge in [-0.2, -0.15) is 0 Å². The molecule has 2 N–H and O–H groups in total. The van der Waals surface area contributed by atoms with Crippen molar-refractivity contribution in [3.63, 3.8) is 0 Å². The fraction of sp³-hybridized carbons (Fsp3) is 0.167. The maximum absolute atomic E-state index is 13.4. The largest absolute Gasteiger partial charge is 0.481 e. The molecular weight excluding hydrogens is 274 g/mol. The van der Waals surface area contributed by atoms with Gasteiger partial charge in [0.25, 0.3) is 0 Å². The van der Waals surface area contributed by atoms with E-state index < -0.39 is 17.6 Å². The lowest BCUT2D eigenvalue weighted by molar-refractivity contribution is -0.136. The molecule has 1 heterocycles. The number of hydrogen-bond acceptors (Lipinski definition) is 4. The number of aryl methyl sites for hydroxylation is 1. The smallest absolute Gasteiger partial charge is 0.308 e. The Morgan fingerprint density at radius 1 is 1.42 bits per heavy atom. The van der Waals surface area contributed by atoms with Gasteiger partial charge in [-0.05, 0) is 19.1 Å². The third-order valence-electron chi connectivity index (χ3n) is 2.40. The highest BCUT2D eigenvalue weighted by Gasteiger charge is 2.14. The van der Waals surface area contributed by atoms with Crippen molar-refractivity contribution in [3.05, 3.63) is 40.4 Å². The van der Waals surface area contributed by atoms with Gasteiger partial charge in [0.1, 0.15) is 17.3 Å². The van der Waals surface area contributed by atoms with Crippen LogP contribution in [0.1, 0.15) is 10.6 Å². The summed E-state index contributed by atoms with van der Waals surface area (Å²) in [5.41, 5.74) is 0.241. The van der Waals surface area contributed by atoms with E-state index in [1.165, 1.54) is 6.07 Å². The van der Waals surface area contributed by atoms with Crippen LogP contribution < -0.4 is 5.32 Å². The van der Waals surface area contributed by atoms with Gasteiger partial charge in [0.2, 0.25) is 0 Å². The third-order valence-corrected chi connectivity index (χ3v) is 3.47. The first kappa shape index (κ1) is 13.4. The lowest BCUT2D eigenvalue weighted by atomic mass is 10.3. The van der Waals surface area contributed by atoms with Crippen molar-refractivity contribution in [2.24, 2.45) is 0 Å². The summed E-state index contributed by atoms with van der Waals surface area (Å²) in [6.45, 7) is 1.65. The fourth-order valence-corrected chi connectivity index (χ4v) is 2.47. The van der Waals surface area contributed by atoms with Crippen molar-refractivity contribution >= 4 is 28.1 Å². The molecular formula is C12H10F2N2O2S. The van der Waals surface area contributed by atoms with E-state index in [0.717, 1.165) is 23.5 Å². The van der Waals surface area contributed by atoms with Gasteiger partial charge in [-0.25, -0.2) is 13.8 Å². The Bertz CT molecular complexity index is 608. The number of anilines is 2. The van der Waals surface area contributed by atoms with Crippen molar-refractivity contribution in [1.82, 2.24) is 4.98 Å². The molecule has 7 heteroatoms. The van der Waals surface area contributed by atoms with E-state index in [4.69, 9.17) is 5.11 Å². The summed E-state index contributed by atoms with van der Waals surface area (Å²) in [7, 11) is 0. The van der Waals surface area contributed by atoms with Gasteiger partial charge in [-0.15, -0.1) is 11.3 Å². The van der Waals surface area contributed by atoms with E-state index in [1.54, 1.807) is 6.92 Å². The number of aromatic nitrogens is 1. The lowest BCUT2D eigenvalue weighted by Crippen LogP contribution is -1.99. The highest BCUT2D eigenvalue weighted by molar-refractivity contribution is 7.15. The zero-order valence-electron chi connectivity index (χ0n) is 9.91. The number of nitrogens with one attached hydrogen (secondary N) is 1. The molecule has 0 saturated carbocycles. The van der Waals surface area contributed by atoms with Crippen LogP contribution in [0.4, 0.5) is 19.6 Å². The minimum Gasteiger partial charge on any atom is -0.481 e. The van der Waals surface area contributed by atoms with Crippen LogP contribution in [0.25, 0.3) is 0 Å². The quantitative estimate of drug-likeness (QED) is 0.905. The minimum absolute atomic E-state index is 0.162. The number of rotatable bonds is 4. The maximum Gasteiger partial charge on any atom is 0.308 e. The topological polar surface area (TPSA) is 62.2 Å². The number of benzene rings is 1. The van der Waals surface area contributed by atoms with E-state index >= 15 is 0 Å². The zero-order chi connectivity index (χ0) is 14.0. The van der Waals surface area contributed by atoms with Crippen LogP contribution in [0.2, 0.25) is 0 Å². The van der Waals surface area contributed by atoms with Gasteiger partial charge in [-0.3, -0.25) is 4.79 Å². The van der Waals surface area contributed by atoms with Crippen molar-refractivity contribution < 1.29 is 18.7 Å². The Kier molecular flexibility index (Phi) is 3.75. The molecule has 100 valence electrons. The van der Waals surface area contributed by atoms with Gasteiger partial charge < -0.3 is 10.4 Å². The molecule has 0 radical (unpaired) electrons. The molecule has 0 aliphatic heterocycles. The Balaban J connectivity index is 2.27. The molecule has 0 fully saturated rings. The number of carboxylic acids is 1. The van der Waals surface area contributed by atoms with Crippen LogP contribution in [0, 0.1) is 18.6 Å². The Morgan fingerprint density at radius 3 is 2.63 bits per heavy atom. The summed E-state index contributed by atoms with van der Waals surface area (Å²) in [5, 5.41) is 11.5. The summed E-state index contributed by atoms with van der Waals surface area (Å²) >= 11 is 1.06. The molecule has 4 nitrogen and oxygen atoms in total. The van der Waals surface area contributed by atoms with Crippen molar-refractivity contribution in [1.29, 1.82) is 0 Å². The molecule has 19 heavy (non-hydrogen) atoms. The number of aliphatic carboxylic acids is 1. The molecule has 0 amide bonds. The number of carboxylic acid groups (broad SMARTS) is 1. The summed E-state index contributed by atoms with van der Waals surface area (Å²) in [6, 6.07) is 3.52. The Morgan fingerprint density at radius 2 is 2.05 bits per heavy atom. The van der Waals surface area contributed by atoms with Crippen LogP contribution in [0.3, 0.4) is 0 Å². The van der Waals surface area contributed by atoms with Gasteiger partial charge in [0, 0.05) is 4.88 Å². The molecule has 0 aliphatic rings. The van der Waals surface area contributed by atoms with Crippen LogP contribution in [0.5, 0.6) is 0 Å². The van der Waals surface area contributed by atoms with Gasteiger partial charge in [-0.1, -0.05) is 6.07 Å². The number of hydrogen-bond donors (Lipinski definition) is 2. The molecule has 0 saturated heterocycles. The van der Waals surface area contributed by atoms with Crippen LogP contribution >= 0.6 is 11.3 Å². The van der Waals surface area contributed by atoms with Crippen LogP contribution in [-0.4, -0.2) is 16.1 Å². The molecule has 2 aromatic rings. The predicted molar refractivity (Wildman–Crippen MR) is 67.8 cm³/mol. The van der Waals surface area contributed by atoms with Crippen molar-refractivity contribution in [2.45, 2.75) is 13.3 Å². The highest BCUT2D eigenvalue weighted by atomic mass is 32.1. The van der Waals surface area contributed by atoms with Crippen molar-refractivity contribution in [2.75, 3.05) is 5.32 Å². The monoisotopic (exact) mass is 284 g/mol. The summed E-state index contributed by atoms with van der Waals surface area (Å²) in [6.07, 6.45) is -0.162. The molecule has 1 aromatic heterocycles. The first-order chi connectivity index (χ1) is 8.97. The summed E-state index contributed by atoms with van der Waals surface area (Å²) in [5.74, 6) is -2.43. The molecule has 0 atom stereocenters. The summed E-state index contributed by atoms with van der Waals surface area (Å²) < 4.78 is 26.9. The minimum atomic E-state index is -0.977. The van der Waals surface area contributed by atoms with Crippen LogP contribution in [0.15, 0.2) is 18.2 Å². The number of carbonyl (C=O) groups is 1. The Labute approximate surface area is 111 Å². The van der Waals surface area contributed by atoms with E-state index in [2.05, 4.69) is 10.3 Å². The second-order valence-electron chi connectivity index (χ2n) is 3.82. The number of para-hydroxylation sites is 1. The molecule has 0 unspecified atom stereocenters. The zero-order valence-corrected chi connectivity index (χ0v) is 10.7. The molecule has 0 aliphatic carbocycles. The number of nitrogens with zero attached hydrogens (tertiary/aromatic N) is 1. The third kappa shape index (κ3) is 3.05. The van der Waals surface area contributed by atoms with Crippen LogP contribution in [-0.2, 0) is 11.2 Å². The number of thiazole rings is 1. The van der Waals surface area contributed by atoms with Crippen molar-refractivity contribution in [3.8, 4) is 0 Å². The fourth-order valence-electron chi connectivity index (χ4n) is 1.51. The maximum atomic E-state index is 13.4. The SMILES string of the molecule is Cc1nc(Nc2c(F)cccc2F)sc1CC(=O)O. The van der Waals surface area contributed by atoms with E-state index in [0.29, 0.717) is 10.6 Å². The molecule has 0 bridgehead atoms. The highest BCUT2D eigenvalue weighted by Crippen LogP contribution is 2.28. The first-order valence-corrected chi connectivity index (χ1v) is 6.18. The average Bonchev–Trinajstić information content (AvgIpc) is 2.64. The standard InChI is InChI=1S/C12H10F2N2O2S/c1-6-9(5-10(17)18)19-12(15-6)16-11-7(13)3-2-4-8(11)14/h2-4H,5H2,1H3,(H,15,16)(H,17,18). The Hall–Kier alpha value is -2.02. The van der Waals surface area contributed by atoms with E-state index in [-0.39, 0.29) is 17.2 Å². The normalized spacial score (nSPS) is 10.5. The average molecular weight is 284 g/mol. The van der Waals surface area contributed by atoms with E-state index in [9.17, 15) is 13.6 Å². The van der Waals surface area contributed by atoms with Gasteiger partial charge in [0.05, 0.1) is 12.1 Å². The van der Waals surface area contributed by atoms with Gasteiger partial charge >= 0.3 is 5.97 Å². The molecule has 0 spiro atoms. The second-order valence-corrected chi connectivity index (χ2v) is 4.90. The summed E-state index contributed by atoms with van der Waals surface area (Å²) in [4.78, 5) is 15.2. The van der Waals surface area contributed by atoms with E-state index in [1.807, 2.05) is 0 Å². The second kappa shape index (κ2) is 5.31. The molecule has 1 aromatic carbocycles. The molecule has 2 rings (SSSR count). The lowest BCUT2D eigenvalue weighted by Gasteiger charge is -2.04. The van der Waals surface area contributed by atoms with Gasteiger partial charge in [0.15, 0.2) is 5.13 Å². The number of halogens is 2.